The lowest BCUT2D eigenvalue weighted by molar-refractivity contribution is -0.141. The van der Waals surface area contributed by atoms with Gasteiger partial charge in [0.2, 0.25) is 5.91 Å². The standard InChI is InChI=1S/C13H21NO4/c15-12(8-11-3-1-2-6-18-11)14-10-5-4-9(7-10)13(16)17/h9-11H,1-8H2,(H,14,15)(H,16,17)/t9-,10+,11?/m0/s1. The molecule has 2 fully saturated rings. The van der Waals surface area contributed by atoms with Crippen LogP contribution in [0, 0.1) is 5.92 Å². The van der Waals surface area contributed by atoms with Gasteiger partial charge in [0, 0.05) is 12.6 Å². The highest BCUT2D eigenvalue weighted by Gasteiger charge is 2.30. The lowest BCUT2D eigenvalue weighted by Gasteiger charge is -2.22. The van der Waals surface area contributed by atoms with E-state index in [0.29, 0.717) is 19.3 Å². The van der Waals surface area contributed by atoms with E-state index < -0.39 is 5.97 Å². The number of carbonyl (C=O) groups is 2. The smallest absolute Gasteiger partial charge is 0.306 e. The second-order valence-corrected chi connectivity index (χ2v) is 5.31. The van der Waals surface area contributed by atoms with Crippen molar-refractivity contribution in [2.24, 2.45) is 5.92 Å². The van der Waals surface area contributed by atoms with Gasteiger partial charge in [0.15, 0.2) is 0 Å². The average molecular weight is 255 g/mol. The number of carboxylic acids is 1. The van der Waals surface area contributed by atoms with E-state index in [0.717, 1.165) is 32.3 Å². The second-order valence-electron chi connectivity index (χ2n) is 5.31. The molecule has 102 valence electrons. The number of hydrogen-bond donors (Lipinski definition) is 2. The molecule has 5 nitrogen and oxygen atoms in total. The molecular formula is C13H21NO4. The maximum absolute atomic E-state index is 11.8. The van der Waals surface area contributed by atoms with Gasteiger partial charge in [-0.25, -0.2) is 0 Å². The summed E-state index contributed by atoms with van der Waals surface area (Å²) >= 11 is 0. The highest BCUT2D eigenvalue weighted by atomic mass is 16.5. The summed E-state index contributed by atoms with van der Waals surface area (Å²) in [5.41, 5.74) is 0. The minimum Gasteiger partial charge on any atom is -0.481 e. The largest absolute Gasteiger partial charge is 0.481 e. The number of ether oxygens (including phenoxy) is 1. The van der Waals surface area contributed by atoms with Crippen molar-refractivity contribution >= 4 is 11.9 Å². The summed E-state index contributed by atoms with van der Waals surface area (Å²) in [6.07, 6.45) is 5.63. The van der Waals surface area contributed by atoms with E-state index in [4.69, 9.17) is 9.84 Å². The molecule has 0 aromatic rings. The van der Waals surface area contributed by atoms with Crippen LogP contribution in [-0.2, 0) is 14.3 Å². The van der Waals surface area contributed by atoms with Crippen molar-refractivity contribution in [3.63, 3.8) is 0 Å². The zero-order valence-electron chi connectivity index (χ0n) is 10.6. The molecule has 1 unspecified atom stereocenters. The summed E-state index contributed by atoms with van der Waals surface area (Å²) in [4.78, 5) is 22.6. The number of amides is 1. The van der Waals surface area contributed by atoms with E-state index >= 15 is 0 Å². The van der Waals surface area contributed by atoms with Crippen molar-refractivity contribution < 1.29 is 19.4 Å². The van der Waals surface area contributed by atoms with Crippen LogP contribution in [0.1, 0.15) is 44.9 Å². The Morgan fingerprint density at radius 2 is 2.06 bits per heavy atom. The molecule has 0 radical (unpaired) electrons. The fourth-order valence-electron chi connectivity index (χ4n) is 2.80. The third-order valence-corrected chi connectivity index (χ3v) is 3.83. The monoisotopic (exact) mass is 255 g/mol. The molecule has 18 heavy (non-hydrogen) atoms. The van der Waals surface area contributed by atoms with E-state index in [1.807, 2.05) is 0 Å². The van der Waals surface area contributed by atoms with Gasteiger partial charge >= 0.3 is 5.97 Å². The molecular weight excluding hydrogens is 234 g/mol. The molecule has 0 aromatic heterocycles. The Labute approximate surface area is 107 Å². The first-order valence-electron chi connectivity index (χ1n) is 6.79. The molecule has 1 aliphatic heterocycles. The van der Waals surface area contributed by atoms with Crippen LogP contribution in [-0.4, -0.2) is 35.7 Å². The van der Waals surface area contributed by atoms with E-state index in [1.165, 1.54) is 0 Å². The predicted octanol–water partition coefficient (Wildman–Crippen LogP) is 1.32. The Balaban J connectivity index is 1.69. The third-order valence-electron chi connectivity index (χ3n) is 3.83. The summed E-state index contributed by atoms with van der Waals surface area (Å²) in [5.74, 6) is -1.04. The van der Waals surface area contributed by atoms with Gasteiger partial charge in [-0.2, -0.15) is 0 Å². The molecule has 1 aliphatic carbocycles. The summed E-state index contributed by atoms with van der Waals surface area (Å²) < 4.78 is 5.52. The quantitative estimate of drug-likeness (QED) is 0.794. The van der Waals surface area contributed by atoms with Crippen LogP contribution < -0.4 is 5.32 Å². The summed E-state index contributed by atoms with van der Waals surface area (Å²) in [6.45, 7) is 0.752. The first-order valence-corrected chi connectivity index (χ1v) is 6.79. The van der Waals surface area contributed by atoms with Gasteiger partial charge in [0.25, 0.3) is 0 Å². The number of rotatable bonds is 4. The molecule has 3 atom stereocenters. The Morgan fingerprint density at radius 1 is 1.22 bits per heavy atom. The highest BCUT2D eigenvalue weighted by Crippen LogP contribution is 2.26. The molecule has 0 aromatic carbocycles. The molecule has 1 amide bonds. The average Bonchev–Trinajstić information content (AvgIpc) is 2.78. The SMILES string of the molecule is O=C(CC1CCCCO1)N[C@@H]1CC[C@H](C(=O)O)C1. The highest BCUT2D eigenvalue weighted by molar-refractivity contribution is 5.77. The lowest BCUT2D eigenvalue weighted by Crippen LogP contribution is -2.36. The summed E-state index contributed by atoms with van der Waals surface area (Å²) in [6, 6.07) is 0.0298. The zero-order valence-corrected chi connectivity index (χ0v) is 10.6. The van der Waals surface area contributed by atoms with Crippen LogP contribution in [0.25, 0.3) is 0 Å². The normalized spacial score (nSPS) is 32.1. The Hall–Kier alpha value is -1.10. The summed E-state index contributed by atoms with van der Waals surface area (Å²) in [5, 5.41) is 11.8. The Bertz CT molecular complexity index is 312. The maximum Gasteiger partial charge on any atom is 0.306 e. The van der Waals surface area contributed by atoms with Gasteiger partial charge in [0.05, 0.1) is 18.4 Å². The number of hydrogen-bond acceptors (Lipinski definition) is 3. The van der Waals surface area contributed by atoms with Gasteiger partial charge in [0.1, 0.15) is 0 Å². The first kappa shape index (κ1) is 13.3. The van der Waals surface area contributed by atoms with Crippen molar-refractivity contribution in [2.75, 3.05) is 6.61 Å². The van der Waals surface area contributed by atoms with Crippen LogP contribution in [0.2, 0.25) is 0 Å². The summed E-state index contributed by atoms with van der Waals surface area (Å²) in [7, 11) is 0. The maximum atomic E-state index is 11.8. The fourth-order valence-corrected chi connectivity index (χ4v) is 2.80. The van der Waals surface area contributed by atoms with Crippen LogP contribution in [0.5, 0.6) is 0 Å². The van der Waals surface area contributed by atoms with Crippen LogP contribution in [0.4, 0.5) is 0 Å². The number of carbonyl (C=O) groups excluding carboxylic acids is 1. The predicted molar refractivity (Wildman–Crippen MR) is 65.1 cm³/mol. The minimum atomic E-state index is -0.748. The Morgan fingerprint density at radius 3 is 2.67 bits per heavy atom. The lowest BCUT2D eigenvalue weighted by atomic mass is 10.1. The van der Waals surface area contributed by atoms with Crippen molar-refractivity contribution in [3.05, 3.63) is 0 Å². The van der Waals surface area contributed by atoms with E-state index in [2.05, 4.69) is 5.32 Å². The van der Waals surface area contributed by atoms with Gasteiger partial charge in [-0.05, 0) is 38.5 Å². The van der Waals surface area contributed by atoms with Gasteiger partial charge in [-0.1, -0.05) is 0 Å². The topological polar surface area (TPSA) is 75.6 Å². The molecule has 0 bridgehead atoms. The van der Waals surface area contributed by atoms with E-state index in [1.54, 1.807) is 0 Å². The number of aliphatic carboxylic acids is 1. The Kier molecular flexibility index (Phi) is 4.58. The molecule has 2 aliphatic rings. The van der Waals surface area contributed by atoms with Crippen molar-refractivity contribution in [2.45, 2.75) is 57.1 Å². The molecule has 1 saturated carbocycles. The van der Waals surface area contributed by atoms with Gasteiger partial charge in [-0.15, -0.1) is 0 Å². The number of carboxylic acid groups (broad SMARTS) is 1. The molecule has 1 heterocycles. The van der Waals surface area contributed by atoms with Crippen molar-refractivity contribution in [1.82, 2.24) is 5.32 Å². The van der Waals surface area contributed by atoms with E-state index in [9.17, 15) is 9.59 Å². The minimum absolute atomic E-state index is 0.00191. The van der Waals surface area contributed by atoms with Gasteiger partial charge < -0.3 is 15.2 Å². The van der Waals surface area contributed by atoms with Crippen molar-refractivity contribution in [3.8, 4) is 0 Å². The van der Waals surface area contributed by atoms with Crippen LogP contribution in [0.15, 0.2) is 0 Å². The number of nitrogens with one attached hydrogen (secondary N) is 1. The fraction of sp³-hybridized carbons (Fsp3) is 0.846. The second kappa shape index (κ2) is 6.18. The molecule has 5 heteroatoms. The van der Waals surface area contributed by atoms with Crippen molar-refractivity contribution in [1.29, 1.82) is 0 Å². The third kappa shape index (κ3) is 3.70. The molecule has 2 rings (SSSR count). The zero-order chi connectivity index (χ0) is 13.0. The van der Waals surface area contributed by atoms with Gasteiger partial charge in [-0.3, -0.25) is 9.59 Å². The molecule has 1 saturated heterocycles. The van der Waals surface area contributed by atoms with E-state index in [-0.39, 0.29) is 24.0 Å². The van der Waals surface area contributed by atoms with Crippen LogP contribution >= 0.6 is 0 Å². The molecule has 0 spiro atoms. The molecule has 2 N–H and O–H groups in total. The first-order chi connectivity index (χ1) is 8.65. The van der Waals surface area contributed by atoms with Crippen LogP contribution in [0.3, 0.4) is 0 Å².